The number of aliphatic imine (C=N–C) groups is 1. The largest absolute Gasteiger partial charge is 0.478 e. The smallest absolute Gasteiger partial charge is 0.320 e. The normalized spacial score (nSPS) is 18.3. The van der Waals surface area contributed by atoms with Crippen LogP contribution in [0.3, 0.4) is 0 Å². The standard InChI is InChI=1S/C28H35F2N5O4/c1-4-35-18-21(25(39-35)20-12-13-23(29)24(30)16-20)17-32-28(37)34-26(33-22-10-6-5-7-11-22)19(2)27(31-3)38-15-9-8-14-36/h5-7,10-14,16,21,25,33H,4,8-9,15,17-18H2,1-3H3,(H2,32,34,37)/b26-19+,31-27+/t21-,25+/m1/s1. The molecule has 0 spiro atoms. The minimum absolute atomic E-state index is 0.204. The number of amides is 2. The van der Waals surface area contributed by atoms with Gasteiger partial charge in [-0.3, -0.25) is 15.1 Å². The molecule has 2 aromatic carbocycles. The Labute approximate surface area is 227 Å². The average molecular weight is 544 g/mol. The number of nitrogens with one attached hydrogen (secondary N) is 3. The summed E-state index contributed by atoms with van der Waals surface area (Å²) >= 11 is 0. The Kier molecular flexibility index (Phi) is 11.4. The van der Waals surface area contributed by atoms with Gasteiger partial charge in [0.1, 0.15) is 18.2 Å². The molecule has 2 aromatic rings. The van der Waals surface area contributed by atoms with Crippen LogP contribution in [0.1, 0.15) is 38.4 Å². The summed E-state index contributed by atoms with van der Waals surface area (Å²) < 4.78 is 33.1. The molecule has 3 N–H and O–H groups in total. The number of ether oxygens (including phenoxy) is 1. The fraction of sp³-hybridized carbons (Fsp3) is 0.393. The Balaban J connectivity index is 1.72. The van der Waals surface area contributed by atoms with E-state index in [0.717, 1.165) is 24.1 Å². The molecular formula is C28H35F2N5O4. The molecule has 0 aliphatic carbocycles. The highest BCUT2D eigenvalue weighted by Gasteiger charge is 2.35. The Morgan fingerprint density at radius 1 is 1.21 bits per heavy atom. The maximum absolute atomic E-state index is 13.9. The summed E-state index contributed by atoms with van der Waals surface area (Å²) in [5.74, 6) is -1.40. The Bertz CT molecular complexity index is 1180. The average Bonchev–Trinajstić information content (AvgIpc) is 3.37. The Hall–Kier alpha value is -3.83. The fourth-order valence-corrected chi connectivity index (χ4v) is 4.09. The zero-order valence-corrected chi connectivity index (χ0v) is 22.4. The fourth-order valence-electron chi connectivity index (χ4n) is 4.09. The number of carbonyl (C=O) groups excluding carboxylic acids is 2. The second kappa shape index (κ2) is 14.9. The molecular weight excluding hydrogens is 508 g/mol. The van der Waals surface area contributed by atoms with E-state index in [0.29, 0.717) is 55.4 Å². The van der Waals surface area contributed by atoms with Crippen molar-refractivity contribution in [2.24, 2.45) is 10.9 Å². The van der Waals surface area contributed by atoms with Crippen LogP contribution < -0.4 is 16.0 Å². The van der Waals surface area contributed by atoms with Gasteiger partial charge in [0.05, 0.1) is 12.2 Å². The third kappa shape index (κ3) is 8.59. The van der Waals surface area contributed by atoms with E-state index in [1.54, 1.807) is 19.0 Å². The van der Waals surface area contributed by atoms with Crippen molar-refractivity contribution in [3.8, 4) is 0 Å². The summed E-state index contributed by atoms with van der Waals surface area (Å²) in [6, 6.07) is 12.5. The summed E-state index contributed by atoms with van der Waals surface area (Å²) in [6.07, 6.45) is 1.21. The number of unbranched alkanes of at least 4 members (excludes halogenated alkanes) is 1. The quantitative estimate of drug-likeness (QED) is 0.157. The molecule has 3 rings (SSSR count). The summed E-state index contributed by atoms with van der Waals surface area (Å²) in [6.45, 7) is 5.31. The van der Waals surface area contributed by atoms with Gasteiger partial charge >= 0.3 is 6.03 Å². The van der Waals surface area contributed by atoms with Crippen LogP contribution in [0.25, 0.3) is 0 Å². The molecule has 2 atom stereocenters. The topological polar surface area (TPSA) is 104 Å². The van der Waals surface area contributed by atoms with Crippen LogP contribution in [0.4, 0.5) is 19.3 Å². The number of carbonyl (C=O) groups is 2. The molecule has 39 heavy (non-hydrogen) atoms. The van der Waals surface area contributed by atoms with Crippen molar-refractivity contribution in [3.63, 3.8) is 0 Å². The molecule has 1 aliphatic heterocycles. The molecule has 0 saturated carbocycles. The Morgan fingerprint density at radius 2 is 1.97 bits per heavy atom. The summed E-state index contributed by atoms with van der Waals surface area (Å²) in [5, 5.41) is 10.6. The van der Waals surface area contributed by atoms with Gasteiger partial charge in [-0.15, -0.1) is 0 Å². The lowest BCUT2D eigenvalue weighted by Crippen LogP contribution is -2.41. The molecule has 9 nitrogen and oxygen atoms in total. The highest BCUT2D eigenvalue weighted by atomic mass is 19.2. The van der Waals surface area contributed by atoms with Crippen LogP contribution in [0.15, 0.2) is 64.9 Å². The van der Waals surface area contributed by atoms with Crippen LogP contribution in [0, 0.1) is 17.6 Å². The van der Waals surface area contributed by atoms with E-state index >= 15 is 0 Å². The van der Waals surface area contributed by atoms with Crippen molar-refractivity contribution >= 4 is 23.9 Å². The van der Waals surface area contributed by atoms with Crippen LogP contribution in [-0.2, 0) is 14.4 Å². The predicted octanol–water partition coefficient (Wildman–Crippen LogP) is 4.56. The van der Waals surface area contributed by atoms with Crippen LogP contribution in [-0.4, -0.2) is 56.6 Å². The third-order valence-corrected chi connectivity index (χ3v) is 6.16. The summed E-state index contributed by atoms with van der Waals surface area (Å²) in [5.41, 5.74) is 1.79. The third-order valence-electron chi connectivity index (χ3n) is 6.16. The number of hydrogen-bond donors (Lipinski definition) is 3. The van der Waals surface area contributed by atoms with Gasteiger partial charge in [0, 0.05) is 44.7 Å². The lowest BCUT2D eigenvalue weighted by atomic mass is 9.96. The zero-order valence-electron chi connectivity index (χ0n) is 22.4. The lowest BCUT2D eigenvalue weighted by Gasteiger charge is -2.20. The number of anilines is 1. The number of hydrogen-bond acceptors (Lipinski definition) is 7. The van der Waals surface area contributed by atoms with Gasteiger partial charge in [0.15, 0.2) is 11.6 Å². The van der Waals surface area contributed by atoms with E-state index in [1.807, 2.05) is 37.3 Å². The van der Waals surface area contributed by atoms with Gasteiger partial charge in [-0.05, 0) is 43.2 Å². The molecule has 1 aliphatic rings. The van der Waals surface area contributed by atoms with Crippen LogP contribution in [0.5, 0.6) is 0 Å². The maximum atomic E-state index is 13.9. The molecule has 1 saturated heterocycles. The van der Waals surface area contributed by atoms with E-state index in [1.165, 1.54) is 6.07 Å². The number of nitrogens with zero attached hydrogens (tertiary/aromatic N) is 2. The molecule has 210 valence electrons. The number of urea groups is 1. The highest BCUT2D eigenvalue weighted by molar-refractivity contribution is 5.95. The summed E-state index contributed by atoms with van der Waals surface area (Å²) in [7, 11) is 1.58. The minimum atomic E-state index is -0.950. The number of halogens is 2. The molecule has 2 amide bonds. The van der Waals surface area contributed by atoms with Crippen molar-refractivity contribution in [1.29, 1.82) is 0 Å². The number of rotatable bonds is 12. The van der Waals surface area contributed by atoms with Crippen molar-refractivity contribution in [2.75, 3.05) is 38.6 Å². The van der Waals surface area contributed by atoms with Gasteiger partial charge in [-0.2, -0.15) is 5.06 Å². The van der Waals surface area contributed by atoms with E-state index in [9.17, 15) is 18.4 Å². The molecule has 0 unspecified atom stereocenters. The van der Waals surface area contributed by atoms with Crippen molar-refractivity contribution in [1.82, 2.24) is 15.7 Å². The Morgan fingerprint density at radius 3 is 2.64 bits per heavy atom. The molecule has 11 heteroatoms. The number of para-hydroxylation sites is 1. The molecule has 0 radical (unpaired) electrons. The number of benzene rings is 2. The predicted molar refractivity (Wildman–Crippen MR) is 145 cm³/mol. The zero-order chi connectivity index (χ0) is 28.2. The van der Waals surface area contributed by atoms with Crippen molar-refractivity contribution < 1.29 is 27.9 Å². The van der Waals surface area contributed by atoms with E-state index < -0.39 is 23.8 Å². The van der Waals surface area contributed by atoms with Gasteiger partial charge in [-0.1, -0.05) is 31.2 Å². The van der Waals surface area contributed by atoms with Gasteiger partial charge in [-0.25, -0.2) is 13.6 Å². The second-order valence-electron chi connectivity index (χ2n) is 8.95. The van der Waals surface area contributed by atoms with Gasteiger partial charge in [0.25, 0.3) is 0 Å². The monoisotopic (exact) mass is 543 g/mol. The first-order chi connectivity index (χ1) is 18.9. The van der Waals surface area contributed by atoms with E-state index in [2.05, 4.69) is 20.9 Å². The first-order valence-corrected chi connectivity index (χ1v) is 12.8. The SMILES string of the molecule is CCN1C[C@@H](CNC(=O)N/C(Nc2ccccc2)=C(C)/C(=N\C)OCCCC=O)[C@H](c2ccc(F)c(F)c2)O1. The van der Waals surface area contributed by atoms with E-state index in [4.69, 9.17) is 9.57 Å². The second-order valence-corrected chi connectivity index (χ2v) is 8.95. The van der Waals surface area contributed by atoms with Crippen molar-refractivity contribution in [2.45, 2.75) is 32.8 Å². The van der Waals surface area contributed by atoms with Gasteiger partial charge in [0.2, 0.25) is 5.90 Å². The van der Waals surface area contributed by atoms with Crippen LogP contribution in [0.2, 0.25) is 0 Å². The minimum Gasteiger partial charge on any atom is -0.478 e. The number of hydroxylamine groups is 2. The molecule has 0 aromatic heterocycles. The highest BCUT2D eigenvalue weighted by Crippen LogP contribution is 2.34. The van der Waals surface area contributed by atoms with Gasteiger partial charge < -0.3 is 20.2 Å². The molecule has 1 fully saturated rings. The van der Waals surface area contributed by atoms with Crippen molar-refractivity contribution in [3.05, 3.63) is 77.1 Å². The van der Waals surface area contributed by atoms with E-state index in [-0.39, 0.29) is 12.5 Å². The molecule has 0 bridgehead atoms. The van der Waals surface area contributed by atoms with Crippen LogP contribution >= 0.6 is 0 Å². The maximum Gasteiger partial charge on any atom is 0.320 e. The molecule has 1 heterocycles. The number of aldehydes is 1. The first kappa shape index (κ1) is 29.7. The summed E-state index contributed by atoms with van der Waals surface area (Å²) in [4.78, 5) is 33.8. The first-order valence-electron chi connectivity index (χ1n) is 12.8. The lowest BCUT2D eigenvalue weighted by molar-refractivity contribution is -0.145.